The van der Waals surface area contributed by atoms with E-state index in [1.807, 2.05) is 18.2 Å². The molecule has 1 N–H and O–H groups in total. The lowest BCUT2D eigenvalue weighted by Crippen LogP contribution is -1.95. The fourth-order valence-corrected chi connectivity index (χ4v) is 2.83. The Morgan fingerprint density at radius 3 is 3.12 bits per heavy atom. The van der Waals surface area contributed by atoms with Crippen molar-refractivity contribution in [1.29, 1.82) is 0 Å². The highest BCUT2D eigenvalue weighted by molar-refractivity contribution is 7.09. The smallest absolute Gasteiger partial charge is 0.122 e. The summed E-state index contributed by atoms with van der Waals surface area (Å²) < 4.78 is 5.74. The third kappa shape index (κ3) is 2.21. The molecule has 17 heavy (non-hydrogen) atoms. The molecule has 0 saturated heterocycles. The molecule has 1 aliphatic rings. The van der Waals surface area contributed by atoms with Crippen molar-refractivity contribution in [1.82, 2.24) is 0 Å². The highest BCUT2D eigenvalue weighted by Gasteiger charge is 2.20. The maximum absolute atomic E-state index is 9.71. The number of fused-ring (bicyclic) bond motifs is 1. The number of ether oxygens (including phenoxy) is 1. The van der Waals surface area contributed by atoms with E-state index in [9.17, 15) is 5.11 Å². The number of hydrogen-bond acceptors (Lipinski definition) is 3. The molecule has 0 saturated carbocycles. The molecule has 0 amide bonds. The molecule has 2 aromatic rings. The summed E-state index contributed by atoms with van der Waals surface area (Å²) in [5, 5.41) is 11.8. The van der Waals surface area contributed by atoms with Crippen molar-refractivity contribution in [2.24, 2.45) is 0 Å². The van der Waals surface area contributed by atoms with Gasteiger partial charge < -0.3 is 9.84 Å². The zero-order chi connectivity index (χ0) is 11.7. The van der Waals surface area contributed by atoms with E-state index in [1.54, 1.807) is 11.3 Å². The molecular weight excluding hydrogens is 232 g/mol. The van der Waals surface area contributed by atoms with E-state index in [-0.39, 0.29) is 6.10 Å². The first-order valence-corrected chi connectivity index (χ1v) is 6.67. The van der Waals surface area contributed by atoms with Crippen molar-refractivity contribution < 1.29 is 9.84 Å². The van der Waals surface area contributed by atoms with Crippen LogP contribution in [0.4, 0.5) is 0 Å². The predicted molar refractivity (Wildman–Crippen MR) is 68.4 cm³/mol. The van der Waals surface area contributed by atoms with Crippen LogP contribution in [0.1, 0.15) is 28.5 Å². The second kappa shape index (κ2) is 4.51. The first-order chi connectivity index (χ1) is 8.33. The minimum absolute atomic E-state index is 0.281. The van der Waals surface area contributed by atoms with Gasteiger partial charge in [-0.2, -0.15) is 0 Å². The number of thiophene rings is 1. The Kier molecular flexibility index (Phi) is 2.87. The zero-order valence-corrected chi connectivity index (χ0v) is 10.2. The van der Waals surface area contributed by atoms with Gasteiger partial charge in [-0.15, -0.1) is 11.3 Å². The standard InChI is InChI=1S/C14H14O2S/c15-14-6-3-10-8-11(4-5-13(10)14)16-9-12-2-1-7-17-12/h1-2,4-5,7-8,14-15H,3,6,9H2/t14-/m0/s1. The van der Waals surface area contributed by atoms with Crippen LogP contribution < -0.4 is 4.74 Å². The topological polar surface area (TPSA) is 29.5 Å². The highest BCUT2D eigenvalue weighted by Crippen LogP contribution is 2.33. The Morgan fingerprint density at radius 2 is 2.29 bits per heavy atom. The minimum atomic E-state index is -0.281. The van der Waals surface area contributed by atoms with Gasteiger partial charge >= 0.3 is 0 Å². The zero-order valence-electron chi connectivity index (χ0n) is 9.43. The summed E-state index contributed by atoms with van der Waals surface area (Å²) in [5.74, 6) is 0.895. The van der Waals surface area contributed by atoms with E-state index in [1.165, 1.54) is 10.4 Å². The molecule has 0 spiro atoms. The average Bonchev–Trinajstić information content (AvgIpc) is 2.97. The predicted octanol–water partition coefficient (Wildman–Crippen LogP) is 3.31. The molecule has 3 heteroatoms. The summed E-state index contributed by atoms with van der Waals surface area (Å²) in [7, 11) is 0. The molecule has 1 aromatic carbocycles. The summed E-state index contributed by atoms with van der Waals surface area (Å²) in [6, 6.07) is 10.1. The monoisotopic (exact) mass is 246 g/mol. The Labute approximate surface area is 104 Å². The largest absolute Gasteiger partial charge is 0.488 e. The molecule has 88 valence electrons. The summed E-state index contributed by atoms with van der Waals surface area (Å²) in [4.78, 5) is 1.23. The van der Waals surface area contributed by atoms with Crippen LogP contribution in [0, 0.1) is 0 Å². The van der Waals surface area contributed by atoms with Crippen LogP contribution in [-0.2, 0) is 13.0 Å². The fraction of sp³-hybridized carbons (Fsp3) is 0.286. The van der Waals surface area contributed by atoms with Gasteiger partial charge in [0.1, 0.15) is 12.4 Å². The molecule has 0 radical (unpaired) electrons. The molecule has 1 aromatic heterocycles. The summed E-state index contributed by atoms with van der Waals surface area (Å²) >= 11 is 1.70. The number of hydrogen-bond donors (Lipinski definition) is 1. The van der Waals surface area contributed by atoms with Crippen molar-refractivity contribution in [2.75, 3.05) is 0 Å². The van der Waals surface area contributed by atoms with Crippen molar-refractivity contribution in [3.05, 3.63) is 51.7 Å². The normalized spacial score (nSPS) is 18.1. The molecular formula is C14H14O2S. The Morgan fingerprint density at radius 1 is 1.35 bits per heavy atom. The summed E-state index contributed by atoms with van der Waals surface area (Å²) in [6.45, 7) is 0.624. The van der Waals surface area contributed by atoms with Gasteiger partial charge in [0.05, 0.1) is 6.10 Å². The molecule has 1 aliphatic carbocycles. The van der Waals surface area contributed by atoms with Crippen molar-refractivity contribution in [3.8, 4) is 5.75 Å². The van der Waals surface area contributed by atoms with Crippen LogP contribution in [0.15, 0.2) is 35.7 Å². The molecule has 0 fully saturated rings. The van der Waals surface area contributed by atoms with Crippen molar-refractivity contribution in [3.63, 3.8) is 0 Å². The number of aliphatic hydroxyl groups excluding tert-OH is 1. The number of aliphatic hydroxyl groups is 1. The number of aryl methyl sites for hydroxylation is 1. The van der Waals surface area contributed by atoms with E-state index in [4.69, 9.17) is 4.74 Å². The first-order valence-electron chi connectivity index (χ1n) is 5.79. The van der Waals surface area contributed by atoms with E-state index < -0.39 is 0 Å². The van der Waals surface area contributed by atoms with Gasteiger partial charge in [-0.3, -0.25) is 0 Å². The van der Waals surface area contributed by atoms with Crippen LogP contribution >= 0.6 is 11.3 Å². The van der Waals surface area contributed by atoms with Crippen LogP contribution in [0.2, 0.25) is 0 Å². The lowest BCUT2D eigenvalue weighted by atomic mass is 10.1. The molecule has 1 heterocycles. The van der Waals surface area contributed by atoms with Gasteiger partial charge in [0.2, 0.25) is 0 Å². The second-order valence-corrected chi connectivity index (χ2v) is 5.32. The van der Waals surface area contributed by atoms with E-state index in [0.717, 1.165) is 24.2 Å². The SMILES string of the molecule is O[C@H]1CCc2cc(OCc3cccs3)ccc21. The van der Waals surface area contributed by atoms with Crippen molar-refractivity contribution in [2.45, 2.75) is 25.6 Å². The molecule has 0 bridgehead atoms. The van der Waals surface area contributed by atoms with Crippen LogP contribution in [0.25, 0.3) is 0 Å². The third-order valence-corrected chi connectivity index (χ3v) is 3.97. The minimum Gasteiger partial charge on any atom is -0.488 e. The van der Waals surface area contributed by atoms with Gasteiger partial charge in [-0.25, -0.2) is 0 Å². The third-order valence-electron chi connectivity index (χ3n) is 3.12. The molecule has 1 atom stereocenters. The van der Waals surface area contributed by atoms with Gasteiger partial charge in [0.25, 0.3) is 0 Å². The van der Waals surface area contributed by atoms with Crippen molar-refractivity contribution >= 4 is 11.3 Å². The Balaban J connectivity index is 1.72. The molecule has 0 aliphatic heterocycles. The van der Waals surface area contributed by atoms with Gasteiger partial charge in [0, 0.05) is 4.88 Å². The molecule has 3 rings (SSSR count). The molecule has 2 nitrogen and oxygen atoms in total. The quantitative estimate of drug-likeness (QED) is 0.900. The van der Waals surface area contributed by atoms with Gasteiger partial charge in [0.15, 0.2) is 0 Å². The van der Waals surface area contributed by atoms with E-state index in [2.05, 4.69) is 17.5 Å². The number of rotatable bonds is 3. The Bertz CT molecular complexity index is 505. The lowest BCUT2D eigenvalue weighted by molar-refractivity contribution is 0.180. The highest BCUT2D eigenvalue weighted by atomic mass is 32.1. The van der Waals surface area contributed by atoms with E-state index >= 15 is 0 Å². The Hall–Kier alpha value is -1.32. The maximum Gasteiger partial charge on any atom is 0.122 e. The molecule has 0 unspecified atom stereocenters. The maximum atomic E-state index is 9.71. The summed E-state index contributed by atoms with van der Waals surface area (Å²) in [5.41, 5.74) is 2.29. The second-order valence-electron chi connectivity index (χ2n) is 4.28. The van der Waals surface area contributed by atoms with Gasteiger partial charge in [-0.05, 0) is 47.5 Å². The van der Waals surface area contributed by atoms with Gasteiger partial charge in [-0.1, -0.05) is 12.1 Å². The fourth-order valence-electron chi connectivity index (χ4n) is 2.21. The number of benzene rings is 1. The van der Waals surface area contributed by atoms with Crippen LogP contribution in [-0.4, -0.2) is 5.11 Å². The van der Waals surface area contributed by atoms with E-state index in [0.29, 0.717) is 6.61 Å². The van der Waals surface area contributed by atoms with Crippen LogP contribution in [0.3, 0.4) is 0 Å². The first kappa shape index (κ1) is 10.8. The average molecular weight is 246 g/mol. The summed E-state index contributed by atoms with van der Waals surface area (Å²) in [6.07, 6.45) is 1.51. The lowest BCUT2D eigenvalue weighted by Gasteiger charge is -2.08. The van der Waals surface area contributed by atoms with Crippen LogP contribution in [0.5, 0.6) is 5.75 Å².